The fourth-order valence-electron chi connectivity index (χ4n) is 1.77. The molecule has 7 nitrogen and oxygen atoms in total. The monoisotopic (exact) mass is 293 g/mol. The number of aliphatic carboxylic acids is 1. The highest BCUT2D eigenvalue weighted by Gasteiger charge is 2.21. The van der Waals surface area contributed by atoms with Gasteiger partial charge in [0.1, 0.15) is 6.04 Å². The van der Waals surface area contributed by atoms with E-state index >= 15 is 0 Å². The first-order chi connectivity index (χ1) is 9.90. The predicted octanol–water partition coefficient (Wildman–Crippen LogP) is 0.766. The molecule has 0 saturated carbocycles. The van der Waals surface area contributed by atoms with Crippen molar-refractivity contribution < 1.29 is 19.5 Å². The Morgan fingerprint density at radius 2 is 1.81 bits per heavy atom. The first-order valence-electron chi connectivity index (χ1n) is 6.53. The van der Waals surface area contributed by atoms with Crippen molar-refractivity contribution >= 4 is 17.9 Å². The van der Waals surface area contributed by atoms with Gasteiger partial charge in [0, 0.05) is 6.42 Å². The van der Waals surface area contributed by atoms with Crippen LogP contribution in [0.15, 0.2) is 30.3 Å². The van der Waals surface area contributed by atoms with E-state index in [1.165, 1.54) is 0 Å². The Kier molecular flexibility index (Phi) is 6.19. The van der Waals surface area contributed by atoms with Gasteiger partial charge in [0.05, 0.1) is 6.04 Å². The Morgan fingerprint density at radius 1 is 1.19 bits per heavy atom. The van der Waals surface area contributed by atoms with Gasteiger partial charge in [-0.2, -0.15) is 0 Å². The summed E-state index contributed by atoms with van der Waals surface area (Å²) in [4.78, 5) is 33.5. The van der Waals surface area contributed by atoms with Crippen molar-refractivity contribution in [3.63, 3.8) is 0 Å². The molecule has 1 aromatic carbocycles. The average Bonchev–Trinajstić information content (AvgIpc) is 2.43. The third-order valence-corrected chi connectivity index (χ3v) is 2.93. The van der Waals surface area contributed by atoms with Gasteiger partial charge >= 0.3 is 12.0 Å². The van der Waals surface area contributed by atoms with Crippen LogP contribution in [-0.2, 0) is 9.59 Å². The highest BCUT2D eigenvalue weighted by atomic mass is 16.4. The van der Waals surface area contributed by atoms with Crippen molar-refractivity contribution in [2.75, 3.05) is 0 Å². The molecule has 0 fully saturated rings. The maximum absolute atomic E-state index is 11.8. The maximum atomic E-state index is 11.8. The van der Waals surface area contributed by atoms with E-state index in [0.29, 0.717) is 0 Å². The zero-order chi connectivity index (χ0) is 15.8. The van der Waals surface area contributed by atoms with E-state index in [1.54, 1.807) is 6.92 Å². The minimum Gasteiger partial charge on any atom is -0.480 e. The molecule has 2 atom stereocenters. The quantitative estimate of drug-likeness (QED) is 0.593. The van der Waals surface area contributed by atoms with Gasteiger partial charge in [0.25, 0.3) is 0 Å². The van der Waals surface area contributed by atoms with Crippen LogP contribution in [0.2, 0.25) is 0 Å². The van der Waals surface area contributed by atoms with Crippen LogP contribution in [-0.4, -0.2) is 29.1 Å². The van der Waals surface area contributed by atoms with Crippen LogP contribution in [0.1, 0.15) is 31.4 Å². The topological polar surface area (TPSA) is 122 Å². The molecule has 0 aromatic heterocycles. The van der Waals surface area contributed by atoms with E-state index in [9.17, 15) is 14.4 Å². The van der Waals surface area contributed by atoms with Crippen molar-refractivity contribution in [3.05, 3.63) is 35.9 Å². The second kappa shape index (κ2) is 7.88. The fraction of sp³-hybridized carbons (Fsp3) is 0.357. The van der Waals surface area contributed by atoms with E-state index in [2.05, 4.69) is 10.6 Å². The molecular weight excluding hydrogens is 274 g/mol. The summed E-state index contributed by atoms with van der Waals surface area (Å²) >= 11 is 0. The predicted molar refractivity (Wildman–Crippen MR) is 76.4 cm³/mol. The molecular formula is C14H19N3O4. The highest BCUT2D eigenvalue weighted by molar-refractivity contribution is 5.83. The van der Waals surface area contributed by atoms with Gasteiger partial charge in [-0.3, -0.25) is 4.79 Å². The fourth-order valence-corrected chi connectivity index (χ4v) is 1.77. The summed E-state index contributed by atoms with van der Waals surface area (Å²) in [7, 11) is 0. The number of hydrogen-bond donors (Lipinski definition) is 4. The number of amides is 3. The van der Waals surface area contributed by atoms with E-state index in [-0.39, 0.29) is 18.9 Å². The largest absolute Gasteiger partial charge is 0.480 e. The van der Waals surface area contributed by atoms with Crippen LogP contribution >= 0.6 is 0 Å². The normalized spacial score (nSPS) is 13.0. The number of nitrogens with two attached hydrogens (primary N) is 1. The zero-order valence-corrected chi connectivity index (χ0v) is 11.7. The first kappa shape index (κ1) is 16.5. The van der Waals surface area contributed by atoms with Crippen LogP contribution in [0, 0.1) is 0 Å². The minimum absolute atomic E-state index is 0.0438. The molecule has 0 aliphatic carbocycles. The van der Waals surface area contributed by atoms with E-state index in [4.69, 9.17) is 10.8 Å². The molecule has 0 aliphatic heterocycles. The SMILES string of the molecule is CC(NC(=O)N[C@H](CCC(N)=O)C(=O)O)c1ccccc1. The molecule has 114 valence electrons. The summed E-state index contributed by atoms with van der Waals surface area (Å²) in [5, 5.41) is 13.9. The van der Waals surface area contributed by atoms with Gasteiger partial charge in [-0.15, -0.1) is 0 Å². The molecule has 1 rings (SSSR count). The van der Waals surface area contributed by atoms with E-state index < -0.39 is 23.9 Å². The number of urea groups is 1. The van der Waals surface area contributed by atoms with E-state index in [1.807, 2.05) is 30.3 Å². The van der Waals surface area contributed by atoms with E-state index in [0.717, 1.165) is 5.56 Å². The number of rotatable bonds is 7. The van der Waals surface area contributed by atoms with Gasteiger partial charge < -0.3 is 21.5 Å². The number of carboxylic acid groups (broad SMARTS) is 1. The van der Waals surface area contributed by atoms with Crippen LogP contribution < -0.4 is 16.4 Å². The number of nitrogens with one attached hydrogen (secondary N) is 2. The summed E-state index contributed by atoms with van der Waals surface area (Å²) in [6.07, 6.45) is -0.150. The Bertz CT molecular complexity index is 504. The van der Waals surface area contributed by atoms with Gasteiger partial charge in [0.2, 0.25) is 5.91 Å². The second-order valence-corrected chi connectivity index (χ2v) is 4.65. The zero-order valence-electron chi connectivity index (χ0n) is 11.7. The molecule has 21 heavy (non-hydrogen) atoms. The Balaban J connectivity index is 2.54. The van der Waals surface area contributed by atoms with Gasteiger partial charge in [-0.25, -0.2) is 9.59 Å². The number of hydrogen-bond acceptors (Lipinski definition) is 3. The number of benzene rings is 1. The molecule has 5 N–H and O–H groups in total. The number of carbonyl (C=O) groups excluding carboxylic acids is 2. The molecule has 0 radical (unpaired) electrons. The number of primary amides is 1. The van der Waals surface area contributed by atoms with Gasteiger partial charge in [-0.05, 0) is 18.9 Å². The molecule has 0 aliphatic rings. The van der Waals surface area contributed by atoms with Crippen LogP contribution in [0.4, 0.5) is 4.79 Å². The Morgan fingerprint density at radius 3 is 2.33 bits per heavy atom. The molecule has 0 spiro atoms. The third-order valence-electron chi connectivity index (χ3n) is 2.93. The van der Waals surface area contributed by atoms with Crippen molar-refractivity contribution in [1.82, 2.24) is 10.6 Å². The van der Waals surface area contributed by atoms with Crippen molar-refractivity contribution in [2.45, 2.75) is 31.8 Å². The second-order valence-electron chi connectivity index (χ2n) is 4.65. The molecule has 0 heterocycles. The molecule has 1 unspecified atom stereocenters. The number of carbonyl (C=O) groups is 3. The lowest BCUT2D eigenvalue weighted by Crippen LogP contribution is -2.46. The highest BCUT2D eigenvalue weighted by Crippen LogP contribution is 2.10. The molecule has 7 heteroatoms. The standard InChI is InChI=1S/C14H19N3O4/c1-9(10-5-3-2-4-6-10)16-14(21)17-11(13(19)20)7-8-12(15)18/h2-6,9,11H,7-8H2,1H3,(H2,15,18)(H,19,20)(H2,16,17,21)/t9?,11-/m1/s1. The summed E-state index contributed by atoms with van der Waals surface area (Å²) < 4.78 is 0. The van der Waals surface area contributed by atoms with Crippen molar-refractivity contribution in [1.29, 1.82) is 0 Å². The lowest BCUT2D eigenvalue weighted by atomic mass is 10.1. The number of carboxylic acids is 1. The lowest BCUT2D eigenvalue weighted by molar-refractivity contribution is -0.139. The lowest BCUT2D eigenvalue weighted by Gasteiger charge is -2.18. The Labute approximate surface area is 122 Å². The summed E-state index contributed by atoms with van der Waals surface area (Å²) in [5.41, 5.74) is 5.87. The first-order valence-corrected chi connectivity index (χ1v) is 6.53. The molecule has 1 aromatic rings. The van der Waals surface area contributed by atoms with Crippen LogP contribution in [0.3, 0.4) is 0 Å². The van der Waals surface area contributed by atoms with Gasteiger partial charge in [-0.1, -0.05) is 30.3 Å². The molecule has 0 bridgehead atoms. The summed E-state index contributed by atoms with van der Waals surface area (Å²) in [6.45, 7) is 1.79. The molecule has 3 amide bonds. The summed E-state index contributed by atoms with van der Waals surface area (Å²) in [6, 6.07) is 7.23. The van der Waals surface area contributed by atoms with Crippen molar-refractivity contribution in [3.8, 4) is 0 Å². The third kappa shape index (κ3) is 5.94. The smallest absolute Gasteiger partial charge is 0.326 e. The van der Waals surface area contributed by atoms with Crippen LogP contribution in [0.25, 0.3) is 0 Å². The average molecular weight is 293 g/mol. The van der Waals surface area contributed by atoms with Gasteiger partial charge in [0.15, 0.2) is 0 Å². The molecule has 0 saturated heterocycles. The maximum Gasteiger partial charge on any atom is 0.326 e. The minimum atomic E-state index is -1.21. The summed E-state index contributed by atoms with van der Waals surface area (Å²) in [5.74, 6) is -1.82. The van der Waals surface area contributed by atoms with Crippen molar-refractivity contribution in [2.24, 2.45) is 5.73 Å². The van der Waals surface area contributed by atoms with Crippen LogP contribution in [0.5, 0.6) is 0 Å². The Hall–Kier alpha value is -2.57.